The highest BCUT2D eigenvalue weighted by Gasteiger charge is 2.33. The number of ether oxygens (including phenoxy) is 1. The smallest absolute Gasteiger partial charge is 0.410 e. The highest BCUT2D eigenvalue weighted by molar-refractivity contribution is 6.00. The summed E-state index contributed by atoms with van der Waals surface area (Å²) in [5.41, 5.74) is 1.02. The van der Waals surface area contributed by atoms with Crippen LogP contribution in [0.25, 0.3) is 22.0 Å². The van der Waals surface area contributed by atoms with Crippen molar-refractivity contribution in [2.75, 3.05) is 24.5 Å². The van der Waals surface area contributed by atoms with Gasteiger partial charge in [-0.3, -0.25) is 0 Å². The van der Waals surface area contributed by atoms with Gasteiger partial charge >= 0.3 is 6.09 Å². The molecule has 0 spiro atoms. The van der Waals surface area contributed by atoms with Crippen LogP contribution in [0, 0.1) is 5.82 Å². The van der Waals surface area contributed by atoms with E-state index in [-0.39, 0.29) is 18.0 Å². The molecule has 2 aromatic carbocycles. The molecule has 3 aromatic rings. The number of rotatable bonds is 3. The molecule has 1 atom stereocenters. The van der Waals surface area contributed by atoms with Crippen molar-refractivity contribution < 1.29 is 13.9 Å². The molecule has 6 nitrogen and oxygen atoms in total. The second-order valence-electron chi connectivity index (χ2n) is 9.11. The van der Waals surface area contributed by atoms with Gasteiger partial charge in [0, 0.05) is 36.0 Å². The van der Waals surface area contributed by atoms with Crippen molar-refractivity contribution in [3.8, 4) is 11.3 Å². The number of benzene rings is 2. The van der Waals surface area contributed by atoms with E-state index in [0.29, 0.717) is 19.6 Å². The van der Waals surface area contributed by atoms with Gasteiger partial charge in [0.15, 0.2) is 5.82 Å². The third-order valence-electron chi connectivity index (χ3n) is 5.67. The van der Waals surface area contributed by atoms with E-state index in [9.17, 15) is 9.18 Å². The van der Waals surface area contributed by atoms with E-state index >= 15 is 0 Å². The van der Waals surface area contributed by atoms with Crippen LogP contribution in [-0.4, -0.2) is 52.5 Å². The zero-order valence-electron chi connectivity index (χ0n) is 19.0. The number of aromatic nitrogens is 2. The predicted octanol–water partition coefficient (Wildman–Crippen LogP) is 5.27. The number of piperazine rings is 1. The molecule has 1 amide bonds. The molecular weight excluding hydrogens is 407 g/mol. The van der Waals surface area contributed by atoms with Crippen molar-refractivity contribution in [3.05, 3.63) is 54.3 Å². The van der Waals surface area contributed by atoms with Gasteiger partial charge in [0.1, 0.15) is 17.1 Å². The van der Waals surface area contributed by atoms with E-state index in [1.807, 2.05) is 49.9 Å². The third kappa shape index (κ3) is 4.52. The molecule has 32 heavy (non-hydrogen) atoms. The Morgan fingerprint density at radius 1 is 1.06 bits per heavy atom. The van der Waals surface area contributed by atoms with Gasteiger partial charge in [0.05, 0.1) is 6.04 Å². The first-order chi connectivity index (χ1) is 15.3. The molecular formula is C25H29FN4O2. The molecule has 0 radical (unpaired) electrons. The Morgan fingerprint density at radius 3 is 2.41 bits per heavy atom. The Morgan fingerprint density at radius 2 is 1.75 bits per heavy atom. The average Bonchev–Trinajstić information content (AvgIpc) is 2.77. The lowest BCUT2D eigenvalue weighted by atomic mass is 10.0. The summed E-state index contributed by atoms with van der Waals surface area (Å²) in [5.74, 6) is 0.518. The minimum atomic E-state index is -0.523. The fourth-order valence-corrected chi connectivity index (χ4v) is 4.10. The summed E-state index contributed by atoms with van der Waals surface area (Å²) in [6, 6.07) is 14.3. The van der Waals surface area contributed by atoms with Crippen LogP contribution in [0.3, 0.4) is 0 Å². The zero-order valence-corrected chi connectivity index (χ0v) is 19.0. The minimum absolute atomic E-state index is 0.0240. The van der Waals surface area contributed by atoms with E-state index in [1.165, 1.54) is 12.1 Å². The summed E-state index contributed by atoms with van der Waals surface area (Å²) in [6.45, 7) is 9.58. The molecule has 4 rings (SSSR count). The molecule has 1 aromatic heterocycles. The standard InChI is InChI=1S/C25H29FN4O2/c1-5-19-16-29(14-15-30(19)24(31)32-25(2,3)4)23-21-9-7-6-8-20(21)22(27-28-23)17-10-12-18(26)13-11-17/h6-13,19H,5,14-16H2,1-4H3/t19-/m0/s1. The molecule has 1 aliphatic rings. The third-order valence-corrected chi connectivity index (χ3v) is 5.67. The molecule has 0 N–H and O–H groups in total. The number of carbonyl (C=O) groups is 1. The van der Waals surface area contributed by atoms with Crippen molar-refractivity contribution in [1.29, 1.82) is 0 Å². The first-order valence-electron chi connectivity index (χ1n) is 11.0. The maximum absolute atomic E-state index is 13.4. The molecule has 1 saturated heterocycles. The topological polar surface area (TPSA) is 58.6 Å². The summed E-state index contributed by atoms with van der Waals surface area (Å²) in [5, 5.41) is 11.0. The number of carbonyl (C=O) groups excluding carboxylic acids is 1. The normalized spacial score (nSPS) is 17.0. The lowest BCUT2D eigenvalue weighted by Gasteiger charge is -2.42. The SMILES string of the molecule is CC[C@H]1CN(c2nnc(-c3ccc(F)cc3)c3ccccc23)CCN1C(=O)OC(C)(C)C. The van der Waals surface area contributed by atoms with E-state index < -0.39 is 5.60 Å². The largest absolute Gasteiger partial charge is 0.444 e. The minimum Gasteiger partial charge on any atom is -0.444 e. The monoisotopic (exact) mass is 436 g/mol. The first-order valence-corrected chi connectivity index (χ1v) is 11.0. The predicted molar refractivity (Wildman–Crippen MR) is 124 cm³/mol. The highest BCUT2D eigenvalue weighted by atomic mass is 19.1. The number of halogens is 1. The molecule has 1 aliphatic heterocycles. The van der Waals surface area contributed by atoms with Gasteiger partial charge in [-0.25, -0.2) is 9.18 Å². The number of hydrogen-bond donors (Lipinski definition) is 0. The van der Waals surface area contributed by atoms with Crippen LogP contribution in [0.4, 0.5) is 15.0 Å². The van der Waals surface area contributed by atoms with Crippen molar-refractivity contribution in [1.82, 2.24) is 15.1 Å². The van der Waals surface area contributed by atoms with Gasteiger partial charge in [-0.15, -0.1) is 10.2 Å². The Kier molecular flexibility index (Phi) is 6.00. The van der Waals surface area contributed by atoms with Crippen molar-refractivity contribution in [2.45, 2.75) is 45.8 Å². The van der Waals surface area contributed by atoms with Crippen molar-refractivity contribution >= 4 is 22.7 Å². The first kappa shape index (κ1) is 22.0. The van der Waals surface area contributed by atoms with E-state index in [2.05, 4.69) is 22.0 Å². The van der Waals surface area contributed by atoms with Gasteiger partial charge in [-0.05, 0) is 51.5 Å². The molecule has 0 bridgehead atoms. The number of nitrogens with zero attached hydrogens (tertiary/aromatic N) is 4. The van der Waals surface area contributed by atoms with Gasteiger partial charge in [0.25, 0.3) is 0 Å². The Bertz CT molecular complexity index is 1110. The van der Waals surface area contributed by atoms with E-state index in [4.69, 9.17) is 4.74 Å². The summed E-state index contributed by atoms with van der Waals surface area (Å²) in [6.07, 6.45) is 0.543. The second kappa shape index (κ2) is 8.73. The van der Waals surface area contributed by atoms with Gasteiger partial charge in [0.2, 0.25) is 0 Å². The molecule has 7 heteroatoms. The lowest BCUT2D eigenvalue weighted by Crippen LogP contribution is -2.56. The van der Waals surface area contributed by atoms with Gasteiger partial charge in [-0.2, -0.15) is 0 Å². The van der Waals surface area contributed by atoms with Gasteiger partial charge < -0.3 is 14.5 Å². The quantitative estimate of drug-likeness (QED) is 0.560. The maximum Gasteiger partial charge on any atom is 0.410 e. The Hall–Kier alpha value is -3.22. The van der Waals surface area contributed by atoms with E-state index in [0.717, 1.165) is 34.3 Å². The van der Waals surface area contributed by atoms with Crippen LogP contribution >= 0.6 is 0 Å². The summed E-state index contributed by atoms with van der Waals surface area (Å²) in [7, 11) is 0. The fourth-order valence-electron chi connectivity index (χ4n) is 4.10. The van der Waals surface area contributed by atoms with E-state index in [1.54, 1.807) is 12.1 Å². The summed E-state index contributed by atoms with van der Waals surface area (Å²) < 4.78 is 19.0. The van der Waals surface area contributed by atoms with Crippen LogP contribution in [0.1, 0.15) is 34.1 Å². The van der Waals surface area contributed by atoms with Crippen LogP contribution in [-0.2, 0) is 4.74 Å². The second-order valence-corrected chi connectivity index (χ2v) is 9.11. The fraction of sp³-hybridized carbons (Fsp3) is 0.400. The Balaban J connectivity index is 1.64. The lowest BCUT2D eigenvalue weighted by molar-refractivity contribution is 0.0136. The molecule has 0 unspecified atom stereocenters. The number of fused-ring (bicyclic) bond motifs is 1. The van der Waals surface area contributed by atoms with Crippen LogP contribution in [0.15, 0.2) is 48.5 Å². The summed E-state index contributed by atoms with van der Waals surface area (Å²) >= 11 is 0. The average molecular weight is 437 g/mol. The highest BCUT2D eigenvalue weighted by Crippen LogP contribution is 2.32. The van der Waals surface area contributed by atoms with Crippen LogP contribution in [0.2, 0.25) is 0 Å². The summed E-state index contributed by atoms with van der Waals surface area (Å²) in [4.78, 5) is 16.7. The molecule has 0 aliphatic carbocycles. The Labute approximate surface area is 188 Å². The van der Waals surface area contributed by atoms with Crippen LogP contribution in [0.5, 0.6) is 0 Å². The van der Waals surface area contributed by atoms with Crippen molar-refractivity contribution in [2.24, 2.45) is 0 Å². The molecule has 2 heterocycles. The van der Waals surface area contributed by atoms with Gasteiger partial charge in [-0.1, -0.05) is 31.2 Å². The zero-order chi connectivity index (χ0) is 22.9. The number of amides is 1. The molecule has 168 valence electrons. The number of anilines is 1. The molecule has 0 saturated carbocycles. The maximum atomic E-state index is 13.4. The van der Waals surface area contributed by atoms with Crippen LogP contribution < -0.4 is 4.90 Å². The number of hydrogen-bond acceptors (Lipinski definition) is 5. The van der Waals surface area contributed by atoms with Crippen molar-refractivity contribution in [3.63, 3.8) is 0 Å². The molecule has 1 fully saturated rings.